The Morgan fingerprint density at radius 3 is 2.62 bits per heavy atom. The van der Waals surface area contributed by atoms with Crippen molar-refractivity contribution >= 4 is 5.84 Å². The molecule has 0 aliphatic heterocycles. The first-order chi connectivity index (χ1) is 6.20. The zero-order valence-electron chi connectivity index (χ0n) is 8.38. The normalized spacial score (nSPS) is 21.3. The minimum Gasteiger partial charge on any atom is -0.385 e. The van der Waals surface area contributed by atoms with Crippen LogP contribution in [0.5, 0.6) is 0 Å². The number of nitrogens with two attached hydrogens (primary N) is 1. The highest BCUT2D eigenvalue weighted by atomic mass is 16.5. The van der Waals surface area contributed by atoms with Gasteiger partial charge in [-0.1, -0.05) is 19.3 Å². The Hall–Kier alpha value is -0.570. The van der Waals surface area contributed by atoms with Gasteiger partial charge in [-0.2, -0.15) is 0 Å². The van der Waals surface area contributed by atoms with E-state index in [1.165, 1.54) is 32.1 Å². The van der Waals surface area contributed by atoms with Crippen molar-refractivity contribution in [2.45, 2.75) is 45.1 Å². The molecule has 0 spiro atoms. The van der Waals surface area contributed by atoms with Crippen molar-refractivity contribution in [1.29, 1.82) is 5.41 Å². The summed E-state index contributed by atoms with van der Waals surface area (Å²) in [7, 11) is 0. The van der Waals surface area contributed by atoms with E-state index >= 15 is 0 Å². The molecule has 0 amide bonds. The molecule has 0 aromatic heterocycles. The van der Waals surface area contributed by atoms with Crippen LogP contribution in [-0.2, 0) is 4.74 Å². The summed E-state index contributed by atoms with van der Waals surface area (Å²) in [6.45, 7) is 2.62. The van der Waals surface area contributed by atoms with Gasteiger partial charge in [-0.3, -0.25) is 5.41 Å². The van der Waals surface area contributed by atoms with E-state index in [1.807, 2.05) is 6.92 Å². The molecule has 0 saturated heterocycles. The van der Waals surface area contributed by atoms with Crippen molar-refractivity contribution < 1.29 is 4.74 Å². The van der Waals surface area contributed by atoms with Gasteiger partial charge in [-0.25, -0.2) is 0 Å². The Labute approximate surface area is 80.2 Å². The number of amidine groups is 1. The molecule has 76 valence electrons. The molecule has 3 heteroatoms. The third-order valence-electron chi connectivity index (χ3n) is 2.74. The summed E-state index contributed by atoms with van der Waals surface area (Å²) in [5.41, 5.74) is 5.31. The Morgan fingerprint density at radius 2 is 2.08 bits per heavy atom. The molecular formula is C10H20N2O. The van der Waals surface area contributed by atoms with Gasteiger partial charge in [0, 0.05) is 0 Å². The molecule has 0 radical (unpaired) electrons. The lowest BCUT2D eigenvalue weighted by Crippen LogP contribution is -2.29. The molecule has 1 aliphatic rings. The average molecular weight is 184 g/mol. The summed E-state index contributed by atoms with van der Waals surface area (Å²) in [6, 6.07) is 0. The van der Waals surface area contributed by atoms with Crippen LogP contribution in [0.3, 0.4) is 0 Å². The first-order valence-electron chi connectivity index (χ1n) is 5.15. The first kappa shape index (κ1) is 10.5. The van der Waals surface area contributed by atoms with E-state index < -0.39 is 0 Å². The molecule has 1 saturated carbocycles. The van der Waals surface area contributed by atoms with Crippen LogP contribution >= 0.6 is 0 Å². The van der Waals surface area contributed by atoms with Crippen LogP contribution < -0.4 is 5.73 Å². The molecule has 13 heavy (non-hydrogen) atoms. The lowest BCUT2D eigenvalue weighted by atomic mass is 9.90. The van der Waals surface area contributed by atoms with Crippen molar-refractivity contribution in [3.63, 3.8) is 0 Å². The van der Waals surface area contributed by atoms with Gasteiger partial charge in [0.05, 0.1) is 6.61 Å². The van der Waals surface area contributed by atoms with Crippen molar-refractivity contribution in [2.24, 2.45) is 11.7 Å². The molecule has 0 heterocycles. The zero-order valence-corrected chi connectivity index (χ0v) is 8.38. The van der Waals surface area contributed by atoms with Gasteiger partial charge in [0.2, 0.25) is 0 Å². The van der Waals surface area contributed by atoms with Crippen molar-refractivity contribution in [2.75, 3.05) is 6.61 Å². The van der Waals surface area contributed by atoms with Gasteiger partial charge in [0.1, 0.15) is 11.9 Å². The van der Waals surface area contributed by atoms with Crippen molar-refractivity contribution in [3.8, 4) is 0 Å². The minimum absolute atomic E-state index is 0.135. The number of hydrogen-bond donors (Lipinski definition) is 2. The lowest BCUT2D eigenvalue weighted by Gasteiger charge is -2.22. The maximum Gasteiger partial charge on any atom is 0.120 e. The number of hydrogen-bond acceptors (Lipinski definition) is 2. The zero-order chi connectivity index (χ0) is 9.68. The van der Waals surface area contributed by atoms with Gasteiger partial charge in [0.15, 0.2) is 0 Å². The highest BCUT2D eigenvalue weighted by Crippen LogP contribution is 2.23. The second-order valence-electron chi connectivity index (χ2n) is 3.93. The molecule has 1 unspecified atom stereocenters. The fourth-order valence-corrected chi connectivity index (χ4v) is 1.72. The van der Waals surface area contributed by atoms with E-state index in [4.69, 9.17) is 15.9 Å². The fourth-order valence-electron chi connectivity index (χ4n) is 1.72. The molecule has 3 N–H and O–H groups in total. The van der Waals surface area contributed by atoms with Crippen LogP contribution in [-0.4, -0.2) is 18.5 Å². The molecule has 1 fully saturated rings. The summed E-state index contributed by atoms with van der Waals surface area (Å²) in [6.07, 6.45) is 6.40. The van der Waals surface area contributed by atoms with Gasteiger partial charge >= 0.3 is 0 Å². The first-order valence-corrected chi connectivity index (χ1v) is 5.15. The van der Waals surface area contributed by atoms with E-state index in [2.05, 4.69) is 0 Å². The van der Waals surface area contributed by atoms with E-state index in [0.717, 1.165) is 6.61 Å². The number of ether oxygens (including phenoxy) is 1. The maximum atomic E-state index is 7.17. The summed E-state index contributed by atoms with van der Waals surface area (Å²) in [5, 5.41) is 7.17. The Balaban J connectivity index is 2.13. The largest absolute Gasteiger partial charge is 0.385 e. The Morgan fingerprint density at radius 1 is 1.46 bits per heavy atom. The van der Waals surface area contributed by atoms with Crippen molar-refractivity contribution in [1.82, 2.24) is 0 Å². The standard InChI is InChI=1S/C10H20N2O/c1-8(10(11)12)13-7-9-5-3-2-4-6-9/h8-9H,2-7H2,1H3,(H3,11,12). The van der Waals surface area contributed by atoms with Crippen LogP contribution in [0.25, 0.3) is 0 Å². The molecule has 0 aromatic carbocycles. The predicted molar refractivity (Wildman–Crippen MR) is 53.9 cm³/mol. The quantitative estimate of drug-likeness (QED) is 0.518. The van der Waals surface area contributed by atoms with E-state index in [9.17, 15) is 0 Å². The molecule has 1 aliphatic carbocycles. The predicted octanol–water partition coefficient (Wildman–Crippen LogP) is 1.91. The SMILES string of the molecule is CC(OCC1CCCCC1)C(=N)N. The van der Waals surface area contributed by atoms with Gasteiger partial charge in [0.25, 0.3) is 0 Å². The second-order valence-corrected chi connectivity index (χ2v) is 3.93. The van der Waals surface area contributed by atoms with E-state index in [0.29, 0.717) is 5.92 Å². The topological polar surface area (TPSA) is 59.1 Å². The number of rotatable bonds is 4. The van der Waals surface area contributed by atoms with E-state index in [1.54, 1.807) is 0 Å². The summed E-state index contributed by atoms with van der Waals surface area (Å²) >= 11 is 0. The smallest absolute Gasteiger partial charge is 0.120 e. The van der Waals surface area contributed by atoms with Gasteiger partial charge in [-0.15, -0.1) is 0 Å². The average Bonchev–Trinajstić information content (AvgIpc) is 2.15. The summed E-state index contributed by atoms with van der Waals surface area (Å²) in [5.74, 6) is 0.839. The Kier molecular flexibility index (Phi) is 4.22. The third kappa shape index (κ3) is 3.77. The second kappa shape index (κ2) is 5.22. The van der Waals surface area contributed by atoms with Gasteiger partial charge < -0.3 is 10.5 Å². The van der Waals surface area contributed by atoms with Gasteiger partial charge in [-0.05, 0) is 25.7 Å². The fraction of sp³-hybridized carbons (Fsp3) is 0.900. The maximum absolute atomic E-state index is 7.17. The third-order valence-corrected chi connectivity index (χ3v) is 2.74. The highest BCUT2D eigenvalue weighted by molar-refractivity contribution is 5.81. The molecule has 1 rings (SSSR count). The Bertz CT molecular complexity index is 164. The van der Waals surface area contributed by atoms with Crippen LogP contribution in [0.4, 0.5) is 0 Å². The minimum atomic E-state index is -0.207. The molecule has 3 nitrogen and oxygen atoms in total. The van der Waals surface area contributed by atoms with Crippen molar-refractivity contribution in [3.05, 3.63) is 0 Å². The summed E-state index contributed by atoms with van der Waals surface area (Å²) < 4.78 is 5.49. The monoisotopic (exact) mass is 184 g/mol. The molecule has 1 atom stereocenters. The van der Waals surface area contributed by atoms with Crippen LogP contribution in [0.1, 0.15) is 39.0 Å². The summed E-state index contributed by atoms with van der Waals surface area (Å²) in [4.78, 5) is 0. The van der Waals surface area contributed by atoms with Crippen LogP contribution in [0.2, 0.25) is 0 Å². The highest BCUT2D eigenvalue weighted by Gasteiger charge is 2.15. The number of nitrogens with one attached hydrogen (secondary N) is 1. The van der Waals surface area contributed by atoms with E-state index in [-0.39, 0.29) is 11.9 Å². The van der Waals surface area contributed by atoms with Crippen LogP contribution in [0.15, 0.2) is 0 Å². The molecule has 0 aromatic rings. The van der Waals surface area contributed by atoms with Crippen LogP contribution in [0, 0.1) is 11.3 Å². The lowest BCUT2D eigenvalue weighted by molar-refractivity contribution is 0.0648. The molecular weight excluding hydrogens is 164 g/mol. The molecule has 0 bridgehead atoms.